The molecule has 0 radical (unpaired) electrons. The zero-order valence-corrected chi connectivity index (χ0v) is 36.5. The number of anilines is 2. The minimum Gasteiger partial charge on any atom is -0.480 e. The second-order valence-corrected chi connectivity index (χ2v) is 15.5. The van der Waals surface area contributed by atoms with Gasteiger partial charge in [0.1, 0.15) is 30.0 Å². The molecule has 1 aromatic carbocycles. The Morgan fingerprint density at radius 3 is 1.87 bits per heavy atom. The number of aromatic amines is 1. The number of aromatic nitrogens is 4. The van der Waals surface area contributed by atoms with Gasteiger partial charge in [0.25, 0.3) is 11.5 Å². The summed E-state index contributed by atoms with van der Waals surface area (Å²) < 4.78 is 0. The molecule has 5 amide bonds. The van der Waals surface area contributed by atoms with Crippen LogP contribution in [0.2, 0.25) is 0 Å². The summed E-state index contributed by atoms with van der Waals surface area (Å²) in [7, 11) is 0. The summed E-state index contributed by atoms with van der Waals surface area (Å²) in [6.07, 6.45) is -1.44. The van der Waals surface area contributed by atoms with Gasteiger partial charge in [-0.15, -0.1) is 0 Å². The van der Waals surface area contributed by atoms with Crippen molar-refractivity contribution in [3.63, 3.8) is 0 Å². The Hall–Kier alpha value is -8.14. The number of benzene rings is 1. The molecule has 2 aromatic heterocycles. The van der Waals surface area contributed by atoms with Gasteiger partial charge in [-0.3, -0.25) is 48.3 Å². The quantitative estimate of drug-likeness (QED) is 0.0366. The monoisotopic (exact) mass is 953 g/mol. The molecule has 28 nitrogen and oxygen atoms in total. The van der Waals surface area contributed by atoms with E-state index in [4.69, 9.17) is 5.73 Å². The standard InChI is InChI=1S/C40H51N13O15/c1-20(54)14-25(37(63)64)47-30(57)16-27(39(67)68)48-31(58)19-53-12-10-52(11-13-53)9-8-42-29(56)15-26(38(65)66)46-28(55)7-6-24(36(61)62)49-34(59)21-2-4-22(5-3-21)43-17-23-18-44-33-32(45-23)35(60)51-40(41)50-33/h2-5,18,24-27,43H,6-17,19H2,1H3,(H,42,56)(H,46,55)(H,47,57)(H,48,58)(H,49,59)(H,61,62)(H,63,64)(H,65,66)(H,67,68)(H3,41,44,50,51,60)/t24-,25-,26-,27-/m0/s1. The topological polar surface area (TPSA) is 428 Å². The van der Waals surface area contributed by atoms with Crippen molar-refractivity contribution in [1.82, 2.24) is 56.3 Å². The maximum Gasteiger partial charge on any atom is 0.326 e. The van der Waals surface area contributed by atoms with Crippen molar-refractivity contribution in [3.8, 4) is 0 Å². The number of hydrogen-bond donors (Lipinski definition) is 12. The maximum atomic E-state index is 12.9. The van der Waals surface area contributed by atoms with Crippen molar-refractivity contribution >= 4 is 82.0 Å². The largest absolute Gasteiger partial charge is 0.480 e. The third-order valence-corrected chi connectivity index (χ3v) is 10.1. The molecule has 0 saturated carbocycles. The molecule has 0 spiro atoms. The highest BCUT2D eigenvalue weighted by Crippen LogP contribution is 2.13. The summed E-state index contributed by atoms with van der Waals surface area (Å²) in [6.45, 7) is 3.07. The number of rotatable bonds is 26. The highest BCUT2D eigenvalue weighted by Gasteiger charge is 2.29. The number of amides is 5. The Kier molecular flexibility index (Phi) is 19.3. The molecule has 3 aromatic rings. The normalized spacial score (nSPS) is 14.5. The molecule has 0 bridgehead atoms. The fourth-order valence-electron chi connectivity index (χ4n) is 6.58. The molecule has 0 unspecified atom stereocenters. The van der Waals surface area contributed by atoms with Crippen molar-refractivity contribution < 1.29 is 68.4 Å². The van der Waals surface area contributed by atoms with E-state index >= 15 is 0 Å². The van der Waals surface area contributed by atoms with Crippen LogP contribution in [0.5, 0.6) is 0 Å². The van der Waals surface area contributed by atoms with Crippen molar-refractivity contribution in [2.45, 2.75) is 69.7 Å². The summed E-state index contributed by atoms with van der Waals surface area (Å²) in [5.74, 6) is -10.6. The molecule has 28 heteroatoms. The lowest BCUT2D eigenvalue weighted by Gasteiger charge is -2.34. The van der Waals surface area contributed by atoms with Gasteiger partial charge in [0.05, 0.1) is 37.8 Å². The molecule has 1 fully saturated rings. The molecule has 1 aliphatic rings. The fourth-order valence-corrected chi connectivity index (χ4v) is 6.58. The highest BCUT2D eigenvalue weighted by molar-refractivity contribution is 5.97. The SMILES string of the molecule is CC(=O)C[C@H](NC(=O)C[C@H](NC(=O)CN1CCN(CCNC(=O)C[C@H](NC(=O)CC[C@H](NC(=O)c2ccc(NCc3cnc4nc(N)[nH]c(=O)c4n3)cc2)C(=O)O)C(=O)O)CC1)C(=O)O)C(=O)O. The van der Waals surface area contributed by atoms with Crippen LogP contribution in [0, 0.1) is 0 Å². The fraction of sp³-hybridized carbons (Fsp3) is 0.450. The van der Waals surface area contributed by atoms with Crippen molar-refractivity contribution in [2.24, 2.45) is 0 Å². The van der Waals surface area contributed by atoms with Crippen LogP contribution in [-0.4, -0.2) is 179 Å². The lowest BCUT2D eigenvalue weighted by Crippen LogP contribution is -2.53. The number of fused-ring (bicyclic) bond motifs is 1. The second kappa shape index (κ2) is 25.0. The number of nitrogens with two attached hydrogens (primary N) is 1. The van der Waals surface area contributed by atoms with Crippen molar-refractivity contribution in [2.75, 3.05) is 56.9 Å². The Morgan fingerprint density at radius 2 is 1.26 bits per heavy atom. The minimum atomic E-state index is -1.66. The number of nitrogen functional groups attached to an aromatic ring is 1. The van der Waals surface area contributed by atoms with Gasteiger partial charge < -0.3 is 58.1 Å². The Balaban J connectivity index is 1.13. The van der Waals surface area contributed by atoms with Crippen LogP contribution >= 0.6 is 0 Å². The van der Waals surface area contributed by atoms with Gasteiger partial charge >= 0.3 is 23.9 Å². The number of carbonyl (C=O) groups is 10. The Bertz CT molecular complexity index is 2440. The number of aliphatic carboxylic acids is 4. The summed E-state index contributed by atoms with van der Waals surface area (Å²) >= 11 is 0. The number of carboxylic acids is 4. The van der Waals surface area contributed by atoms with Crippen LogP contribution in [-0.2, 0) is 49.7 Å². The van der Waals surface area contributed by atoms with Crippen LogP contribution in [0.25, 0.3) is 11.2 Å². The number of carbonyl (C=O) groups excluding carboxylic acids is 6. The first-order chi connectivity index (χ1) is 32.2. The first-order valence-electron chi connectivity index (χ1n) is 20.8. The van der Waals surface area contributed by atoms with Gasteiger partial charge in [-0.1, -0.05) is 0 Å². The van der Waals surface area contributed by atoms with Crippen LogP contribution in [0.15, 0.2) is 35.3 Å². The number of hydrogen-bond acceptors (Lipinski definition) is 18. The Morgan fingerprint density at radius 1 is 0.706 bits per heavy atom. The Labute approximate surface area is 384 Å². The lowest BCUT2D eigenvalue weighted by molar-refractivity contribution is -0.145. The zero-order valence-electron chi connectivity index (χ0n) is 36.5. The van der Waals surface area contributed by atoms with Crippen molar-refractivity contribution in [3.05, 3.63) is 52.1 Å². The molecule has 1 aliphatic heterocycles. The van der Waals surface area contributed by atoms with Gasteiger partial charge in [0.15, 0.2) is 11.2 Å². The van der Waals surface area contributed by atoms with Crippen LogP contribution in [0.3, 0.4) is 0 Å². The third-order valence-electron chi connectivity index (χ3n) is 10.1. The minimum absolute atomic E-state index is 0.00213. The van der Waals surface area contributed by atoms with Gasteiger partial charge in [-0.05, 0) is 37.6 Å². The van der Waals surface area contributed by atoms with Gasteiger partial charge in [0.2, 0.25) is 29.6 Å². The first kappa shape index (κ1) is 52.5. The maximum absolute atomic E-state index is 12.9. The number of piperazine rings is 1. The van der Waals surface area contributed by atoms with Gasteiger partial charge in [-0.25, -0.2) is 29.1 Å². The molecule has 4 atom stereocenters. The number of Topliss-reactive ketones (excluding diaryl/α,β-unsaturated/α-hetero) is 1. The molecule has 13 N–H and O–H groups in total. The number of ketones is 1. The van der Waals surface area contributed by atoms with E-state index in [2.05, 4.69) is 51.8 Å². The molecular formula is C40H51N13O15. The summed E-state index contributed by atoms with van der Waals surface area (Å²) in [5, 5.41) is 52.5. The molecule has 366 valence electrons. The number of H-pyrrole nitrogens is 1. The number of nitrogens with zero attached hydrogens (tertiary/aromatic N) is 5. The van der Waals surface area contributed by atoms with E-state index in [1.165, 1.54) is 18.3 Å². The predicted molar refractivity (Wildman–Crippen MR) is 233 cm³/mol. The van der Waals surface area contributed by atoms with Gasteiger partial charge in [-0.2, -0.15) is 4.98 Å². The molecule has 68 heavy (non-hydrogen) atoms. The lowest BCUT2D eigenvalue weighted by atomic mass is 10.1. The zero-order chi connectivity index (χ0) is 50.1. The van der Waals surface area contributed by atoms with E-state index in [1.807, 2.05) is 4.90 Å². The van der Waals surface area contributed by atoms with Crippen molar-refractivity contribution in [1.29, 1.82) is 0 Å². The van der Waals surface area contributed by atoms with Crippen LogP contribution in [0.4, 0.5) is 11.6 Å². The predicted octanol–water partition coefficient (Wildman–Crippen LogP) is -3.93. The highest BCUT2D eigenvalue weighted by atomic mass is 16.4. The van der Waals surface area contributed by atoms with E-state index in [-0.39, 0.29) is 42.3 Å². The molecule has 3 heterocycles. The van der Waals surface area contributed by atoms with E-state index in [9.17, 15) is 73.2 Å². The molecule has 4 rings (SSSR count). The third kappa shape index (κ3) is 17.0. The van der Waals surface area contributed by atoms with Crippen LogP contribution in [0.1, 0.15) is 55.1 Å². The number of carboxylic acid groups (broad SMARTS) is 4. The summed E-state index contributed by atoms with van der Waals surface area (Å²) in [4.78, 5) is 152. The van der Waals surface area contributed by atoms with E-state index in [0.29, 0.717) is 44.1 Å². The number of nitrogens with one attached hydrogen (secondary N) is 7. The van der Waals surface area contributed by atoms with E-state index in [0.717, 1.165) is 6.92 Å². The van der Waals surface area contributed by atoms with E-state index in [1.54, 1.807) is 17.0 Å². The summed E-state index contributed by atoms with van der Waals surface area (Å²) in [6, 6.07) is -0.497. The van der Waals surface area contributed by atoms with Crippen LogP contribution < -0.4 is 43.2 Å². The summed E-state index contributed by atoms with van der Waals surface area (Å²) in [5.41, 5.74) is 6.08. The van der Waals surface area contributed by atoms with E-state index < -0.39 is 121 Å². The molecular weight excluding hydrogens is 903 g/mol. The van der Waals surface area contributed by atoms with Gasteiger partial charge in [0, 0.05) is 63.4 Å². The average molecular weight is 954 g/mol. The molecule has 1 saturated heterocycles. The molecule has 0 aliphatic carbocycles. The average Bonchev–Trinajstić information content (AvgIpc) is 3.26. The smallest absolute Gasteiger partial charge is 0.326 e. The first-order valence-corrected chi connectivity index (χ1v) is 20.8. The second-order valence-electron chi connectivity index (χ2n) is 15.5.